The second-order valence-electron chi connectivity index (χ2n) is 6.17. The summed E-state index contributed by atoms with van der Waals surface area (Å²) in [5.41, 5.74) is 12.2. The lowest BCUT2D eigenvalue weighted by molar-refractivity contribution is 0.415. The molecular formula is C22H20N4O2S. The number of aromatic hydroxyl groups is 1. The third-order valence-electron chi connectivity index (χ3n) is 4.22. The molecule has 0 saturated heterocycles. The number of benzene rings is 3. The number of hydrazone groups is 1. The van der Waals surface area contributed by atoms with E-state index in [2.05, 4.69) is 10.5 Å². The molecule has 29 heavy (non-hydrogen) atoms. The second kappa shape index (κ2) is 8.99. The lowest BCUT2D eigenvalue weighted by Crippen LogP contribution is -2.26. The highest BCUT2D eigenvalue weighted by atomic mass is 32.1. The molecule has 0 saturated carbocycles. The van der Waals surface area contributed by atoms with E-state index in [-0.39, 0.29) is 10.9 Å². The molecule has 7 heteroatoms. The number of nitrogens with zero attached hydrogens (tertiary/aromatic N) is 1. The Kier molecular flexibility index (Phi) is 6.21. The Morgan fingerprint density at radius 2 is 1.59 bits per heavy atom. The molecule has 0 fully saturated rings. The maximum atomic E-state index is 9.47. The number of rotatable bonds is 6. The molecule has 3 aromatic carbocycles. The topological polar surface area (TPSA) is 104 Å². The summed E-state index contributed by atoms with van der Waals surface area (Å²) < 4.78 is 5.22. The lowest BCUT2D eigenvalue weighted by atomic mass is 9.96. The molecule has 3 rings (SSSR count). The Morgan fingerprint density at radius 3 is 2.21 bits per heavy atom. The molecule has 0 heterocycles. The maximum Gasteiger partial charge on any atom is 0.184 e. The minimum Gasteiger partial charge on any atom is -0.508 e. The molecule has 0 amide bonds. The minimum atomic E-state index is 0.0593. The van der Waals surface area contributed by atoms with Gasteiger partial charge in [-0.25, -0.2) is 0 Å². The molecule has 3 aromatic rings. The molecule has 0 aliphatic carbocycles. The minimum absolute atomic E-state index is 0.0593. The van der Waals surface area contributed by atoms with Crippen LogP contribution in [-0.2, 0) is 0 Å². The average Bonchev–Trinajstić information content (AvgIpc) is 2.74. The fraction of sp³-hybridized carbons (Fsp3) is 0.0455. The maximum absolute atomic E-state index is 9.47. The summed E-state index contributed by atoms with van der Waals surface area (Å²) in [5.74, 6) is 0.895. The van der Waals surface area contributed by atoms with Gasteiger partial charge in [-0.3, -0.25) is 10.8 Å². The van der Waals surface area contributed by atoms with Crippen LogP contribution in [0.25, 0.3) is 0 Å². The highest BCUT2D eigenvalue weighted by Crippen LogP contribution is 2.19. The van der Waals surface area contributed by atoms with Crippen molar-refractivity contribution in [2.24, 2.45) is 10.8 Å². The number of hydrogen-bond donors (Lipinski definition) is 4. The van der Waals surface area contributed by atoms with E-state index in [0.29, 0.717) is 22.6 Å². The van der Waals surface area contributed by atoms with Crippen molar-refractivity contribution < 1.29 is 9.84 Å². The van der Waals surface area contributed by atoms with Crippen LogP contribution in [0.4, 0.5) is 0 Å². The lowest BCUT2D eigenvalue weighted by Gasteiger charge is -2.11. The van der Waals surface area contributed by atoms with Crippen LogP contribution >= 0.6 is 12.2 Å². The van der Waals surface area contributed by atoms with Crippen LogP contribution in [-0.4, -0.2) is 28.8 Å². The molecule has 0 aliphatic heterocycles. The predicted molar refractivity (Wildman–Crippen MR) is 119 cm³/mol. The van der Waals surface area contributed by atoms with Gasteiger partial charge in [0.25, 0.3) is 0 Å². The van der Waals surface area contributed by atoms with E-state index in [1.165, 1.54) is 0 Å². The van der Waals surface area contributed by atoms with E-state index >= 15 is 0 Å². The van der Waals surface area contributed by atoms with Crippen LogP contribution in [0.1, 0.15) is 22.3 Å². The quantitative estimate of drug-likeness (QED) is 0.286. The largest absolute Gasteiger partial charge is 0.508 e. The first-order chi connectivity index (χ1) is 14.0. The van der Waals surface area contributed by atoms with Crippen LogP contribution in [0.3, 0.4) is 0 Å². The molecular weight excluding hydrogens is 384 g/mol. The van der Waals surface area contributed by atoms with Crippen LogP contribution in [0, 0.1) is 5.41 Å². The normalized spacial score (nSPS) is 11.0. The van der Waals surface area contributed by atoms with Crippen LogP contribution in [0.5, 0.6) is 11.5 Å². The highest BCUT2D eigenvalue weighted by Gasteiger charge is 2.12. The highest BCUT2D eigenvalue weighted by molar-refractivity contribution is 7.80. The monoisotopic (exact) mass is 404 g/mol. The van der Waals surface area contributed by atoms with E-state index < -0.39 is 0 Å². The van der Waals surface area contributed by atoms with Crippen molar-refractivity contribution in [2.75, 3.05) is 7.11 Å². The van der Waals surface area contributed by atoms with Gasteiger partial charge >= 0.3 is 0 Å². The zero-order valence-electron chi connectivity index (χ0n) is 15.7. The smallest absolute Gasteiger partial charge is 0.184 e. The van der Waals surface area contributed by atoms with E-state index in [1.807, 2.05) is 48.5 Å². The summed E-state index contributed by atoms with van der Waals surface area (Å²) in [6.07, 6.45) is 0. The van der Waals surface area contributed by atoms with E-state index in [0.717, 1.165) is 16.9 Å². The van der Waals surface area contributed by atoms with Crippen molar-refractivity contribution in [3.05, 3.63) is 95.1 Å². The zero-order chi connectivity index (χ0) is 20.8. The Bertz CT molecular complexity index is 1060. The Morgan fingerprint density at radius 1 is 0.966 bits per heavy atom. The number of phenolic OH excluding ortho intramolecular Hbond substituents is 1. The summed E-state index contributed by atoms with van der Waals surface area (Å²) in [6.45, 7) is 0. The molecule has 0 aliphatic rings. The molecule has 146 valence electrons. The van der Waals surface area contributed by atoms with Gasteiger partial charge in [-0.1, -0.05) is 18.2 Å². The third-order valence-corrected chi connectivity index (χ3v) is 4.31. The number of phenols is 1. The van der Waals surface area contributed by atoms with E-state index in [1.54, 1.807) is 31.4 Å². The number of hydrogen-bond acceptors (Lipinski definition) is 5. The first kappa shape index (κ1) is 20.0. The Balaban J connectivity index is 2.00. The zero-order valence-corrected chi connectivity index (χ0v) is 16.5. The Hall–Kier alpha value is -3.71. The molecule has 0 radical (unpaired) electrons. The summed E-state index contributed by atoms with van der Waals surface area (Å²) in [6, 6.07) is 21.5. The van der Waals surface area contributed by atoms with E-state index in [9.17, 15) is 5.11 Å². The molecule has 0 atom stereocenters. The average molecular weight is 404 g/mol. The third kappa shape index (κ3) is 4.97. The summed E-state index contributed by atoms with van der Waals surface area (Å²) in [7, 11) is 1.61. The van der Waals surface area contributed by atoms with Gasteiger partial charge in [-0.2, -0.15) is 5.10 Å². The Labute approximate surface area is 174 Å². The fourth-order valence-electron chi connectivity index (χ4n) is 2.77. The molecule has 6 nitrogen and oxygen atoms in total. The molecule has 0 bridgehead atoms. The molecule has 0 unspecified atom stereocenters. The number of nitrogens with two attached hydrogens (primary N) is 1. The van der Waals surface area contributed by atoms with Gasteiger partial charge in [0.15, 0.2) is 5.11 Å². The van der Waals surface area contributed by atoms with Crippen molar-refractivity contribution in [3.8, 4) is 11.5 Å². The van der Waals surface area contributed by atoms with Gasteiger partial charge in [0.1, 0.15) is 11.5 Å². The molecule has 0 spiro atoms. The van der Waals surface area contributed by atoms with Crippen molar-refractivity contribution in [1.29, 1.82) is 5.41 Å². The van der Waals surface area contributed by atoms with Gasteiger partial charge < -0.3 is 15.6 Å². The van der Waals surface area contributed by atoms with Crippen molar-refractivity contribution in [1.82, 2.24) is 5.43 Å². The molecule has 5 N–H and O–H groups in total. The number of ether oxygens (including phenoxy) is 1. The van der Waals surface area contributed by atoms with Crippen molar-refractivity contribution in [2.45, 2.75) is 0 Å². The van der Waals surface area contributed by atoms with Crippen LogP contribution < -0.4 is 15.9 Å². The first-order valence-electron chi connectivity index (χ1n) is 8.74. The van der Waals surface area contributed by atoms with Crippen molar-refractivity contribution in [3.63, 3.8) is 0 Å². The van der Waals surface area contributed by atoms with Gasteiger partial charge in [-0.15, -0.1) is 0 Å². The SMILES string of the molecule is COc1ccc(C(=NNC(N)=S)c2cccc(C(=N)c3ccc(O)cc3)c2)cc1. The second-order valence-corrected chi connectivity index (χ2v) is 6.61. The first-order valence-corrected chi connectivity index (χ1v) is 9.15. The number of thiocarbonyl (C=S) groups is 1. The van der Waals surface area contributed by atoms with Crippen molar-refractivity contribution >= 4 is 28.8 Å². The van der Waals surface area contributed by atoms with Gasteiger partial charge in [0, 0.05) is 22.3 Å². The van der Waals surface area contributed by atoms with Crippen LogP contribution in [0.2, 0.25) is 0 Å². The summed E-state index contributed by atoms with van der Waals surface area (Å²) in [5, 5.41) is 22.4. The fourth-order valence-corrected chi connectivity index (χ4v) is 2.82. The van der Waals surface area contributed by atoms with E-state index in [4.69, 9.17) is 28.1 Å². The van der Waals surface area contributed by atoms with Gasteiger partial charge in [0.2, 0.25) is 0 Å². The van der Waals surface area contributed by atoms with Gasteiger partial charge in [0.05, 0.1) is 18.5 Å². The number of methoxy groups -OCH3 is 1. The number of nitrogens with one attached hydrogen (secondary N) is 2. The predicted octanol–water partition coefficient (Wildman–Crippen LogP) is 3.40. The standard InChI is InChI=1S/C22H20N4O2S/c1-28-19-11-7-15(8-12-19)21(25-26-22(24)29)17-4-2-3-16(13-17)20(23)14-5-9-18(27)10-6-14/h2-13,23,27H,1H3,(H3,24,26,29). The summed E-state index contributed by atoms with van der Waals surface area (Å²) >= 11 is 4.88. The molecule has 0 aromatic heterocycles. The summed E-state index contributed by atoms with van der Waals surface area (Å²) in [4.78, 5) is 0. The van der Waals surface area contributed by atoms with Gasteiger partial charge in [-0.05, 0) is 66.8 Å². The van der Waals surface area contributed by atoms with Crippen LogP contribution in [0.15, 0.2) is 77.9 Å².